The highest BCUT2D eigenvalue weighted by atomic mass is 19.1. The van der Waals surface area contributed by atoms with E-state index in [1.807, 2.05) is 0 Å². The summed E-state index contributed by atoms with van der Waals surface area (Å²) in [5.74, 6) is 0.730. The number of fused-ring (bicyclic) bond motifs is 1. The van der Waals surface area contributed by atoms with E-state index in [0.29, 0.717) is 6.04 Å². The summed E-state index contributed by atoms with van der Waals surface area (Å²) in [5, 5.41) is 21.9. The van der Waals surface area contributed by atoms with Gasteiger partial charge >= 0.3 is 0 Å². The van der Waals surface area contributed by atoms with Gasteiger partial charge in [-0.2, -0.15) is 0 Å². The van der Waals surface area contributed by atoms with Crippen LogP contribution in [0.2, 0.25) is 0 Å². The van der Waals surface area contributed by atoms with E-state index in [9.17, 15) is 9.50 Å². The van der Waals surface area contributed by atoms with Crippen LogP contribution >= 0.6 is 0 Å². The van der Waals surface area contributed by atoms with E-state index in [4.69, 9.17) is 9.84 Å². The number of amidine groups is 1. The third-order valence-corrected chi connectivity index (χ3v) is 4.30. The predicted octanol–water partition coefficient (Wildman–Crippen LogP) is -1.37. The van der Waals surface area contributed by atoms with Crippen molar-refractivity contribution in [3.05, 3.63) is 0 Å². The number of aliphatic hydroxyl groups is 2. The van der Waals surface area contributed by atoms with Gasteiger partial charge in [0.1, 0.15) is 24.1 Å². The number of ether oxygens (including phenoxy) is 1. The Balaban J connectivity index is 1.54. The molecule has 1 aliphatic carbocycles. The zero-order chi connectivity index (χ0) is 15.3. The Morgan fingerprint density at radius 1 is 1.45 bits per heavy atom. The molecular formula is C13H18FN5O3. The number of rotatable bonds is 3. The second kappa shape index (κ2) is 5.25. The van der Waals surface area contributed by atoms with E-state index in [1.54, 1.807) is 4.90 Å². The van der Waals surface area contributed by atoms with E-state index >= 15 is 0 Å². The Kier molecular flexibility index (Phi) is 3.35. The standard InChI is InChI=1S/C13H18FN5O3/c14-8-10(21)7(3-20)22-13(8)19-5-17-9-11(18-6-1-2-6)15-4-16-12(9)19/h4-10,12-13,20-21H,1-3H2,(H,15,16,18). The summed E-state index contributed by atoms with van der Waals surface area (Å²) in [6, 6.07) is 0.0304. The van der Waals surface area contributed by atoms with Gasteiger partial charge in [0.2, 0.25) is 0 Å². The monoisotopic (exact) mass is 311 g/mol. The first kappa shape index (κ1) is 14.0. The number of halogens is 1. The fourth-order valence-electron chi connectivity index (χ4n) is 2.92. The molecule has 0 spiro atoms. The van der Waals surface area contributed by atoms with Crippen LogP contribution in [0.15, 0.2) is 15.0 Å². The molecule has 0 radical (unpaired) electrons. The number of aliphatic hydroxyl groups excluding tert-OH is 2. The Labute approximate surface area is 126 Å². The van der Waals surface area contributed by atoms with Gasteiger partial charge in [-0.15, -0.1) is 0 Å². The normalized spacial score (nSPS) is 45.4. The fourth-order valence-corrected chi connectivity index (χ4v) is 2.92. The molecule has 120 valence electrons. The molecule has 0 bridgehead atoms. The van der Waals surface area contributed by atoms with Gasteiger partial charge in [0.15, 0.2) is 18.6 Å². The van der Waals surface area contributed by atoms with Crippen LogP contribution in [0.1, 0.15) is 12.8 Å². The molecule has 0 aromatic rings. The zero-order valence-corrected chi connectivity index (χ0v) is 11.8. The third-order valence-electron chi connectivity index (χ3n) is 4.30. The van der Waals surface area contributed by atoms with E-state index < -0.39 is 37.4 Å². The summed E-state index contributed by atoms with van der Waals surface area (Å²) in [7, 11) is 0. The molecule has 1 saturated heterocycles. The summed E-state index contributed by atoms with van der Waals surface area (Å²) in [5.41, 5.74) is 0. The predicted molar refractivity (Wildman–Crippen MR) is 76.6 cm³/mol. The SMILES string of the molecule is OCC1OC(N2C=NC3C(=NC4CC4)NC=NC32)C(F)C1O. The summed E-state index contributed by atoms with van der Waals surface area (Å²) < 4.78 is 19.7. The maximum atomic E-state index is 14.3. The maximum Gasteiger partial charge on any atom is 0.173 e. The zero-order valence-electron chi connectivity index (χ0n) is 11.8. The first-order valence-corrected chi connectivity index (χ1v) is 7.44. The van der Waals surface area contributed by atoms with Crippen LogP contribution in [0.4, 0.5) is 4.39 Å². The second-order valence-electron chi connectivity index (χ2n) is 5.92. The summed E-state index contributed by atoms with van der Waals surface area (Å²) in [6.45, 7) is -0.434. The maximum absolute atomic E-state index is 14.3. The summed E-state index contributed by atoms with van der Waals surface area (Å²) in [6.07, 6.45) is -0.180. The minimum absolute atomic E-state index is 0.313. The van der Waals surface area contributed by atoms with Crippen molar-refractivity contribution >= 4 is 18.5 Å². The Bertz CT molecular complexity index is 538. The molecule has 22 heavy (non-hydrogen) atoms. The number of nitrogens with one attached hydrogen (secondary N) is 1. The third kappa shape index (κ3) is 2.20. The lowest BCUT2D eigenvalue weighted by molar-refractivity contribution is -0.0692. The number of alkyl halides is 1. The van der Waals surface area contributed by atoms with Crippen molar-refractivity contribution in [2.75, 3.05) is 6.61 Å². The molecule has 0 aromatic heterocycles. The van der Waals surface area contributed by atoms with Gasteiger partial charge in [0.05, 0.1) is 25.3 Å². The Hall–Kier alpha value is -1.58. The molecule has 3 heterocycles. The van der Waals surface area contributed by atoms with Gasteiger partial charge in [-0.25, -0.2) is 9.38 Å². The van der Waals surface area contributed by atoms with Crippen molar-refractivity contribution < 1.29 is 19.3 Å². The molecule has 4 aliphatic rings. The van der Waals surface area contributed by atoms with Crippen LogP contribution in [0.5, 0.6) is 0 Å². The molecule has 1 saturated carbocycles. The van der Waals surface area contributed by atoms with Gasteiger partial charge in [-0.1, -0.05) is 0 Å². The highest BCUT2D eigenvalue weighted by Crippen LogP contribution is 2.32. The average Bonchev–Trinajstić information content (AvgIpc) is 3.16. The lowest BCUT2D eigenvalue weighted by atomic mass is 10.1. The lowest BCUT2D eigenvalue weighted by Gasteiger charge is -2.32. The number of hydrogen-bond donors (Lipinski definition) is 3. The lowest BCUT2D eigenvalue weighted by Crippen LogP contribution is -2.52. The molecule has 4 rings (SSSR count). The van der Waals surface area contributed by atoms with E-state index in [2.05, 4.69) is 20.3 Å². The Morgan fingerprint density at radius 3 is 2.95 bits per heavy atom. The first-order valence-electron chi connectivity index (χ1n) is 7.44. The molecule has 6 atom stereocenters. The van der Waals surface area contributed by atoms with Gasteiger partial charge in [-0.3, -0.25) is 9.98 Å². The fraction of sp³-hybridized carbons (Fsp3) is 0.769. The minimum atomic E-state index is -1.63. The molecule has 6 unspecified atom stereocenters. The van der Waals surface area contributed by atoms with Crippen molar-refractivity contribution in [1.29, 1.82) is 0 Å². The number of hydrogen-bond acceptors (Lipinski definition) is 7. The molecule has 0 amide bonds. The summed E-state index contributed by atoms with van der Waals surface area (Å²) in [4.78, 5) is 14.8. The van der Waals surface area contributed by atoms with Gasteiger partial charge in [0.25, 0.3) is 0 Å². The van der Waals surface area contributed by atoms with Gasteiger partial charge in [-0.05, 0) is 12.8 Å². The molecule has 3 aliphatic heterocycles. The van der Waals surface area contributed by atoms with Gasteiger partial charge < -0.3 is 25.2 Å². The molecule has 9 heteroatoms. The average molecular weight is 311 g/mol. The molecule has 8 nitrogen and oxygen atoms in total. The quantitative estimate of drug-likeness (QED) is 0.597. The second-order valence-corrected chi connectivity index (χ2v) is 5.92. The Morgan fingerprint density at radius 2 is 2.27 bits per heavy atom. The molecule has 3 N–H and O–H groups in total. The smallest absolute Gasteiger partial charge is 0.173 e. The van der Waals surface area contributed by atoms with Crippen LogP contribution in [-0.4, -0.2) is 83.1 Å². The molecule has 2 fully saturated rings. The van der Waals surface area contributed by atoms with Crippen LogP contribution in [0.3, 0.4) is 0 Å². The largest absolute Gasteiger partial charge is 0.394 e. The highest BCUT2D eigenvalue weighted by molar-refractivity contribution is 6.00. The van der Waals surface area contributed by atoms with Crippen molar-refractivity contribution in [2.45, 2.75) is 55.7 Å². The van der Waals surface area contributed by atoms with Crippen LogP contribution in [-0.2, 0) is 4.74 Å². The highest BCUT2D eigenvalue weighted by Gasteiger charge is 2.51. The molecule has 0 aromatic carbocycles. The van der Waals surface area contributed by atoms with Crippen molar-refractivity contribution in [1.82, 2.24) is 10.2 Å². The van der Waals surface area contributed by atoms with Crippen molar-refractivity contribution in [2.24, 2.45) is 15.0 Å². The van der Waals surface area contributed by atoms with Crippen LogP contribution in [0.25, 0.3) is 0 Å². The topological polar surface area (TPSA) is 102 Å². The van der Waals surface area contributed by atoms with Gasteiger partial charge in [0, 0.05) is 0 Å². The van der Waals surface area contributed by atoms with E-state index in [-0.39, 0.29) is 6.04 Å². The first-order chi connectivity index (χ1) is 10.7. The van der Waals surface area contributed by atoms with Crippen LogP contribution < -0.4 is 5.32 Å². The van der Waals surface area contributed by atoms with Crippen molar-refractivity contribution in [3.63, 3.8) is 0 Å². The van der Waals surface area contributed by atoms with E-state index in [0.717, 1.165) is 18.7 Å². The minimum Gasteiger partial charge on any atom is -0.394 e. The summed E-state index contributed by atoms with van der Waals surface area (Å²) >= 11 is 0. The van der Waals surface area contributed by atoms with E-state index in [1.165, 1.54) is 12.7 Å². The number of nitrogens with zero attached hydrogens (tertiary/aromatic N) is 4. The van der Waals surface area contributed by atoms with Crippen LogP contribution in [0, 0.1) is 0 Å². The number of aliphatic imine (C=N–C) groups is 3. The van der Waals surface area contributed by atoms with Crippen molar-refractivity contribution in [3.8, 4) is 0 Å². The molecular weight excluding hydrogens is 293 g/mol.